The van der Waals surface area contributed by atoms with Crippen LogP contribution in [0.4, 0.5) is 0 Å². The van der Waals surface area contributed by atoms with Crippen molar-refractivity contribution in [2.45, 2.75) is 39.3 Å². The van der Waals surface area contributed by atoms with Gasteiger partial charge in [0.25, 0.3) is 0 Å². The molecule has 0 spiro atoms. The quantitative estimate of drug-likeness (QED) is 0.261. The molecule has 4 rings (SSSR count). The van der Waals surface area contributed by atoms with Gasteiger partial charge in [-0.25, -0.2) is 9.78 Å². The second kappa shape index (κ2) is 11.3. The Bertz CT molecular complexity index is 1260. The molecule has 4 N–H and O–H groups in total. The second-order valence-electron chi connectivity index (χ2n) is 9.49. The van der Waals surface area contributed by atoms with Crippen molar-refractivity contribution >= 4 is 11.9 Å². The third-order valence-electron chi connectivity index (χ3n) is 6.19. The lowest BCUT2D eigenvalue weighted by atomic mass is 9.86. The average molecular weight is 506 g/mol. The molecule has 0 fully saturated rings. The van der Waals surface area contributed by atoms with Gasteiger partial charge in [-0.3, -0.25) is 4.79 Å². The first-order chi connectivity index (χ1) is 17.7. The minimum absolute atomic E-state index is 0.212. The highest BCUT2D eigenvalue weighted by molar-refractivity contribution is 5.86. The van der Waals surface area contributed by atoms with Gasteiger partial charge in [-0.2, -0.15) is 0 Å². The molecule has 1 aliphatic heterocycles. The summed E-state index contributed by atoms with van der Waals surface area (Å²) < 4.78 is 17.0. The summed E-state index contributed by atoms with van der Waals surface area (Å²) in [6.45, 7) is 4.16. The molecule has 2 heterocycles. The van der Waals surface area contributed by atoms with E-state index in [0.717, 1.165) is 28.1 Å². The van der Waals surface area contributed by atoms with E-state index < -0.39 is 23.5 Å². The number of hydrogen-bond donors (Lipinski definition) is 3. The Balaban J connectivity index is 1.42. The van der Waals surface area contributed by atoms with Crippen molar-refractivity contribution in [1.82, 2.24) is 10.3 Å². The maximum absolute atomic E-state index is 12.4. The maximum atomic E-state index is 12.4. The molecule has 9 heteroatoms. The Morgan fingerprint density at radius 2 is 1.78 bits per heavy atom. The number of aromatic nitrogens is 1. The van der Waals surface area contributed by atoms with Crippen molar-refractivity contribution in [2.24, 2.45) is 11.1 Å². The number of fused-ring (bicyclic) bond motifs is 1. The van der Waals surface area contributed by atoms with E-state index >= 15 is 0 Å². The van der Waals surface area contributed by atoms with Crippen molar-refractivity contribution < 1.29 is 28.9 Å². The van der Waals surface area contributed by atoms with Crippen molar-refractivity contribution in [3.8, 4) is 39.8 Å². The van der Waals surface area contributed by atoms with Gasteiger partial charge < -0.3 is 30.4 Å². The molecule has 9 nitrogen and oxygen atoms in total. The highest BCUT2D eigenvalue weighted by Gasteiger charge is 2.29. The van der Waals surface area contributed by atoms with Crippen LogP contribution in [0.1, 0.15) is 33.1 Å². The van der Waals surface area contributed by atoms with E-state index in [2.05, 4.69) is 5.32 Å². The Hall–Kier alpha value is -4.11. The fraction of sp³-hybridized carbons (Fsp3) is 0.321. The number of ether oxygens (including phenoxy) is 3. The van der Waals surface area contributed by atoms with E-state index in [1.165, 1.54) is 0 Å². The molecule has 0 radical (unpaired) electrons. The van der Waals surface area contributed by atoms with E-state index in [9.17, 15) is 9.59 Å². The molecule has 194 valence electrons. The molecule has 0 unspecified atom stereocenters. The highest BCUT2D eigenvalue weighted by atomic mass is 16.7. The SMILES string of the molecule is CC(C)(CCCCOc1cc(-c2ccc3c(c2)OCO3)cc(-c2ccccc2)n1)C(=O)N[C@@H](N)C(=O)O. The van der Waals surface area contributed by atoms with Crippen LogP contribution in [-0.4, -0.2) is 41.5 Å². The zero-order valence-corrected chi connectivity index (χ0v) is 20.9. The number of nitrogens with two attached hydrogens (primary N) is 1. The summed E-state index contributed by atoms with van der Waals surface area (Å²) in [5, 5.41) is 11.2. The lowest BCUT2D eigenvalue weighted by molar-refractivity contribution is -0.143. The van der Waals surface area contributed by atoms with Gasteiger partial charge in [0.15, 0.2) is 17.7 Å². The molecule has 1 amide bonds. The lowest BCUT2D eigenvalue weighted by Crippen LogP contribution is -2.51. The van der Waals surface area contributed by atoms with Crippen molar-refractivity contribution in [3.63, 3.8) is 0 Å². The zero-order valence-electron chi connectivity index (χ0n) is 20.9. The van der Waals surface area contributed by atoms with E-state index in [-0.39, 0.29) is 6.79 Å². The largest absolute Gasteiger partial charge is 0.479 e. The average Bonchev–Trinajstić information content (AvgIpc) is 3.36. The summed E-state index contributed by atoms with van der Waals surface area (Å²) in [5.41, 5.74) is 8.32. The number of nitrogens with one attached hydrogen (secondary N) is 1. The van der Waals surface area contributed by atoms with Crippen LogP contribution in [0.25, 0.3) is 22.4 Å². The minimum Gasteiger partial charge on any atom is -0.479 e. The number of carbonyl (C=O) groups is 2. The van der Waals surface area contributed by atoms with Crippen molar-refractivity contribution in [1.29, 1.82) is 0 Å². The Kier molecular flexibility index (Phi) is 7.93. The fourth-order valence-corrected chi connectivity index (χ4v) is 3.94. The van der Waals surface area contributed by atoms with Crippen molar-refractivity contribution in [2.75, 3.05) is 13.4 Å². The van der Waals surface area contributed by atoms with Gasteiger partial charge in [0.1, 0.15) is 0 Å². The molecule has 1 aliphatic rings. The molecular formula is C28H31N3O6. The summed E-state index contributed by atoms with van der Waals surface area (Å²) in [4.78, 5) is 28.0. The number of carboxylic acids is 1. The first kappa shape index (κ1) is 26.0. The molecule has 0 aliphatic carbocycles. The van der Waals surface area contributed by atoms with Crippen LogP contribution in [0.5, 0.6) is 17.4 Å². The van der Waals surface area contributed by atoms with Crippen LogP contribution in [0.3, 0.4) is 0 Å². The van der Waals surface area contributed by atoms with Crippen LogP contribution in [0.2, 0.25) is 0 Å². The normalized spacial score (nSPS) is 13.2. The molecular weight excluding hydrogens is 474 g/mol. The van der Waals surface area contributed by atoms with Crippen LogP contribution in [0.15, 0.2) is 60.7 Å². The van der Waals surface area contributed by atoms with E-state index in [0.29, 0.717) is 37.5 Å². The standard InChI is InChI=1S/C28H31N3O6/c1-28(2,27(34)31-25(29)26(32)33)12-6-7-13-35-24-16-20(14-21(30-24)18-8-4-3-5-9-18)19-10-11-22-23(15-19)37-17-36-22/h3-5,8-11,14-16,25H,6-7,12-13,17,29H2,1-2H3,(H,31,34)(H,32,33)/t25-/m1/s1. The van der Waals surface area contributed by atoms with Gasteiger partial charge in [0.05, 0.1) is 12.3 Å². The number of pyridine rings is 1. The molecule has 37 heavy (non-hydrogen) atoms. The first-order valence-electron chi connectivity index (χ1n) is 12.1. The number of carboxylic acid groups (broad SMARTS) is 1. The summed E-state index contributed by atoms with van der Waals surface area (Å²) in [6, 6.07) is 19.6. The third-order valence-corrected chi connectivity index (χ3v) is 6.19. The van der Waals surface area contributed by atoms with Crippen LogP contribution < -0.4 is 25.3 Å². The number of nitrogens with zero attached hydrogens (tertiary/aromatic N) is 1. The molecule has 1 aromatic heterocycles. The number of carbonyl (C=O) groups excluding carboxylic acids is 1. The van der Waals surface area contributed by atoms with Gasteiger partial charge in [0.2, 0.25) is 18.6 Å². The predicted molar refractivity (Wildman–Crippen MR) is 138 cm³/mol. The Labute approximate surface area is 215 Å². The number of aliphatic carboxylic acids is 1. The van der Waals surface area contributed by atoms with Crippen LogP contribution in [0, 0.1) is 5.41 Å². The van der Waals surface area contributed by atoms with Gasteiger partial charge in [-0.15, -0.1) is 0 Å². The second-order valence-corrected chi connectivity index (χ2v) is 9.49. The monoisotopic (exact) mass is 505 g/mol. The molecule has 0 saturated carbocycles. The zero-order chi connectivity index (χ0) is 26.4. The molecule has 1 atom stereocenters. The lowest BCUT2D eigenvalue weighted by Gasteiger charge is -2.24. The van der Waals surface area contributed by atoms with Gasteiger partial charge >= 0.3 is 5.97 Å². The number of benzene rings is 2. The van der Waals surface area contributed by atoms with E-state index in [4.69, 9.17) is 30.0 Å². The fourth-order valence-electron chi connectivity index (χ4n) is 3.94. The number of unbranched alkanes of at least 4 members (excludes halogenated alkanes) is 1. The molecule has 2 aromatic carbocycles. The summed E-state index contributed by atoms with van der Waals surface area (Å²) in [7, 11) is 0. The third kappa shape index (κ3) is 6.56. The number of amides is 1. The van der Waals surface area contributed by atoms with Gasteiger partial charge in [-0.1, -0.05) is 50.2 Å². The van der Waals surface area contributed by atoms with Gasteiger partial charge in [-0.05, 0) is 48.6 Å². The Morgan fingerprint density at radius 1 is 1.03 bits per heavy atom. The smallest absolute Gasteiger partial charge is 0.341 e. The predicted octanol–water partition coefficient (Wildman–Crippen LogP) is 4.21. The van der Waals surface area contributed by atoms with Crippen molar-refractivity contribution in [3.05, 3.63) is 60.7 Å². The first-order valence-corrected chi connectivity index (χ1v) is 12.1. The summed E-state index contributed by atoms with van der Waals surface area (Å²) in [6.07, 6.45) is 0.528. The maximum Gasteiger partial charge on any atom is 0.341 e. The minimum atomic E-state index is -1.42. The number of hydrogen-bond acceptors (Lipinski definition) is 7. The van der Waals surface area contributed by atoms with E-state index in [1.807, 2.05) is 60.7 Å². The van der Waals surface area contributed by atoms with Gasteiger partial charge in [0, 0.05) is 17.0 Å². The summed E-state index contributed by atoms with van der Waals surface area (Å²) in [5.74, 6) is 0.253. The summed E-state index contributed by atoms with van der Waals surface area (Å²) >= 11 is 0. The van der Waals surface area contributed by atoms with E-state index in [1.54, 1.807) is 13.8 Å². The highest BCUT2D eigenvalue weighted by Crippen LogP contribution is 2.37. The number of rotatable bonds is 11. The van der Waals surface area contributed by atoms with Crippen LogP contribution >= 0.6 is 0 Å². The Morgan fingerprint density at radius 3 is 2.54 bits per heavy atom. The molecule has 3 aromatic rings. The van der Waals surface area contributed by atoms with Crippen LogP contribution in [-0.2, 0) is 9.59 Å². The molecule has 0 saturated heterocycles. The molecule has 0 bridgehead atoms. The topological polar surface area (TPSA) is 133 Å².